The topological polar surface area (TPSA) is 105 Å². The average Bonchev–Trinajstić information content (AvgIpc) is 3.30. The molecule has 0 bridgehead atoms. The molecule has 0 saturated heterocycles. The number of benzene rings is 2. The van der Waals surface area contributed by atoms with E-state index in [0.29, 0.717) is 19.1 Å². The second-order valence-corrected chi connectivity index (χ2v) is 10.9. The van der Waals surface area contributed by atoms with Gasteiger partial charge in [-0.2, -0.15) is 0 Å². The van der Waals surface area contributed by atoms with E-state index < -0.39 is 23.3 Å². The van der Waals surface area contributed by atoms with Gasteiger partial charge in [-0.05, 0) is 83.4 Å². The highest BCUT2D eigenvalue weighted by molar-refractivity contribution is 5.76. The highest BCUT2D eigenvalue weighted by Gasteiger charge is 2.27. The maximum absolute atomic E-state index is 12.5. The summed E-state index contributed by atoms with van der Waals surface area (Å²) in [4.78, 5) is 12.5. The number of amides is 1. The molecule has 1 amide bonds. The molecule has 0 spiro atoms. The summed E-state index contributed by atoms with van der Waals surface area (Å²) < 4.78 is 28.8. The van der Waals surface area contributed by atoms with E-state index in [1.165, 1.54) is 0 Å². The van der Waals surface area contributed by atoms with Crippen LogP contribution in [-0.2, 0) is 9.47 Å². The smallest absolute Gasteiger partial charge is 0.408 e. The Hall–Kier alpha value is -3.59. The number of carbonyl (C=O) groups excluding carboxylic acids is 1. The highest BCUT2D eigenvalue weighted by Crippen LogP contribution is 2.37. The SMILES string of the molecule is Cc1c(-c2ccc3c(c2)OCCO3)cccc1-c1nnc([C@@H](COC(C)(C)C)NC(=O)OC(C)(C)C)o1. The minimum absolute atomic E-state index is 0.139. The Kier molecular flexibility index (Phi) is 7.45. The Morgan fingerprint density at radius 1 is 0.973 bits per heavy atom. The summed E-state index contributed by atoms with van der Waals surface area (Å²) in [6, 6.07) is 11.1. The summed E-state index contributed by atoms with van der Waals surface area (Å²) in [7, 11) is 0. The molecule has 0 fully saturated rings. The van der Waals surface area contributed by atoms with Gasteiger partial charge in [0.2, 0.25) is 11.8 Å². The number of rotatable bonds is 6. The third kappa shape index (κ3) is 6.80. The molecular formula is C28H35N3O6. The molecule has 9 nitrogen and oxygen atoms in total. The van der Waals surface area contributed by atoms with E-state index in [0.717, 1.165) is 33.8 Å². The lowest BCUT2D eigenvalue weighted by Crippen LogP contribution is -2.38. The van der Waals surface area contributed by atoms with Gasteiger partial charge >= 0.3 is 6.09 Å². The lowest BCUT2D eigenvalue weighted by Gasteiger charge is -2.25. The Morgan fingerprint density at radius 3 is 2.38 bits per heavy atom. The van der Waals surface area contributed by atoms with Crippen molar-refractivity contribution < 1.29 is 28.2 Å². The maximum atomic E-state index is 12.5. The molecule has 37 heavy (non-hydrogen) atoms. The summed E-state index contributed by atoms with van der Waals surface area (Å²) in [5.41, 5.74) is 2.69. The summed E-state index contributed by atoms with van der Waals surface area (Å²) in [5, 5.41) is 11.3. The van der Waals surface area contributed by atoms with Crippen LogP contribution in [0.3, 0.4) is 0 Å². The molecule has 1 aliphatic heterocycles. The zero-order valence-corrected chi connectivity index (χ0v) is 22.5. The molecular weight excluding hydrogens is 474 g/mol. The first-order valence-electron chi connectivity index (χ1n) is 12.4. The molecule has 1 aromatic heterocycles. The summed E-state index contributed by atoms with van der Waals surface area (Å²) >= 11 is 0. The van der Waals surface area contributed by atoms with Crippen molar-refractivity contribution in [1.29, 1.82) is 0 Å². The van der Waals surface area contributed by atoms with Crippen molar-refractivity contribution in [3.8, 4) is 34.1 Å². The highest BCUT2D eigenvalue weighted by atomic mass is 16.6. The molecule has 0 saturated carbocycles. The van der Waals surface area contributed by atoms with Gasteiger partial charge in [0, 0.05) is 5.56 Å². The van der Waals surface area contributed by atoms with Crippen molar-refractivity contribution in [2.45, 2.75) is 65.7 Å². The van der Waals surface area contributed by atoms with Gasteiger partial charge in [-0.3, -0.25) is 0 Å². The molecule has 1 atom stereocenters. The minimum atomic E-state index is -0.684. The van der Waals surface area contributed by atoms with Gasteiger partial charge < -0.3 is 28.7 Å². The largest absolute Gasteiger partial charge is 0.486 e. The van der Waals surface area contributed by atoms with Gasteiger partial charge in [0.05, 0.1) is 12.2 Å². The predicted molar refractivity (Wildman–Crippen MR) is 139 cm³/mol. The van der Waals surface area contributed by atoms with Gasteiger partial charge in [0.15, 0.2) is 11.5 Å². The number of hydrogen-bond acceptors (Lipinski definition) is 8. The second kappa shape index (κ2) is 10.4. The number of nitrogens with zero attached hydrogens (tertiary/aromatic N) is 2. The zero-order chi connectivity index (χ0) is 26.8. The van der Waals surface area contributed by atoms with Gasteiger partial charge in [0.25, 0.3) is 0 Å². The number of fused-ring (bicyclic) bond motifs is 1. The van der Waals surface area contributed by atoms with Crippen LogP contribution in [0.1, 0.15) is 59.0 Å². The van der Waals surface area contributed by atoms with E-state index in [-0.39, 0.29) is 12.5 Å². The van der Waals surface area contributed by atoms with Crippen molar-refractivity contribution in [2.24, 2.45) is 0 Å². The van der Waals surface area contributed by atoms with E-state index in [9.17, 15) is 4.79 Å². The second-order valence-electron chi connectivity index (χ2n) is 10.9. The first-order valence-corrected chi connectivity index (χ1v) is 12.4. The third-order valence-corrected chi connectivity index (χ3v) is 5.53. The molecule has 2 aromatic carbocycles. The number of carbonyl (C=O) groups is 1. The van der Waals surface area contributed by atoms with Crippen LogP contribution in [0.5, 0.6) is 11.5 Å². The van der Waals surface area contributed by atoms with Crippen molar-refractivity contribution in [2.75, 3.05) is 19.8 Å². The Morgan fingerprint density at radius 2 is 1.68 bits per heavy atom. The first-order chi connectivity index (χ1) is 17.4. The Bertz CT molecular complexity index is 1260. The van der Waals surface area contributed by atoms with Crippen LogP contribution in [0.25, 0.3) is 22.6 Å². The average molecular weight is 510 g/mol. The van der Waals surface area contributed by atoms with E-state index in [1.54, 1.807) is 20.8 Å². The zero-order valence-electron chi connectivity index (χ0n) is 22.5. The molecule has 1 aliphatic rings. The quantitative estimate of drug-likeness (QED) is 0.440. The molecule has 0 aliphatic carbocycles. The van der Waals surface area contributed by atoms with Crippen LogP contribution in [-0.4, -0.2) is 47.3 Å². The molecule has 9 heteroatoms. The minimum Gasteiger partial charge on any atom is -0.486 e. The van der Waals surface area contributed by atoms with E-state index >= 15 is 0 Å². The summed E-state index contributed by atoms with van der Waals surface area (Å²) in [5.74, 6) is 2.04. The van der Waals surface area contributed by atoms with Gasteiger partial charge in [-0.15, -0.1) is 10.2 Å². The number of aromatic nitrogens is 2. The van der Waals surface area contributed by atoms with E-state index in [2.05, 4.69) is 15.5 Å². The van der Waals surface area contributed by atoms with Gasteiger partial charge in [-0.25, -0.2) is 4.79 Å². The summed E-state index contributed by atoms with van der Waals surface area (Å²) in [6.45, 7) is 14.4. The van der Waals surface area contributed by atoms with Crippen molar-refractivity contribution in [3.63, 3.8) is 0 Å². The van der Waals surface area contributed by atoms with Crippen LogP contribution in [0.2, 0.25) is 0 Å². The fraction of sp³-hybridized carbons (Fsp3) is 0.464. The van der Waals surface area contributed by atoms with Crippen LogP contribution in [0.4, 0.5) is 4.79 Å². The lowest BCUT2D eigenvalue weighted by molar-refractivity contribution is -0.0206. The number of ether oxygens (including phenoxy) is 4. The molecule has 0 unspecified atom stereocenters. The standard InChI is InChI=1S/C28H35N3O6/c1-17-19(18-11-12-22-23(15-18)34-14-13-33-22)9-8-10-20(17)24-30-31-25(36-24)21(16-35-27(2,3)4)29-26(32)37-28(5,6)7/h8-12,15,21H,13-14,16H2,1-7H3,(H,29,32)/t21-/m1/s1. The van der Waals surface area contributed by atoms with Crippen LogP contribution >= 0.6 is 0 Å². The molecule has 0 radical (unpaired) electrons. The molecule has 4 rings (SSSR count). The summed E-state index contributed by atoms with van der Waals surface area (Å²) in [6.07, 6.45) is -0.591. The fourth-order valence-electron chi connectivity index (χ4n) is 3.83. The van der Waals surface area contributed by atoms with E-state index in [1.807, 2.05) is 64.1 Å². The fourth-order valence-corrected chi connectivity index (χ4v) is 3.83. The Labute approximate surface area is 217 Å². The van der Waals surface area contributed by atoms with Crippen LogP contribution in [0.15, 0.2) is 40.8 Å². The van der Waals surface area contributed by atoms with Crippen LogP contribution in [0, 0.1) is 6.92 Å². The predicted octanol–water partition coefficient (Wildman–Crippen LogP) is 5.86. The van der Waals surface area contributed by atoms with Crippen molar-refractivity contribution >= 4 is 6.09 Å². The molecule has 198 valence electrons. The molecule has 1 N–H and O–H groups in total. The normalized spacial score (nSPS) is 14.2. The molecule has 2 heterocycles. The van der Waals surface area contributed by atoms with E-state index in [4.69, 9.17) is 23.4 Å². The third-order valence-electron chi connectivity index (χ3n) is 5.53. The van der Waals surface area contributed by atoms with Crippen molar-refractivity contribution in [3.05, 3.63) is 47.9 Å². The first kappa shape index (κ1) is 26.5. The van der Waals surface area contributed by atoms with Crippen molar-refractivity contribution in [1.82, 2.24) is 15.5 Å². The number of nitrogens with one attached hydrogen (secondary N) is 1. The van der Waals surface area contributed by atoms with Crippen LogP contribution < -0.4 is 14.8 Å². The monoisotopic (exact) mass is 509 g/mol. The van der Waals surface area contributed by atoms with Gasteiger partial charge in [0.1, 0.15) is 24.9 Å². The maximum Gasteiger partial charge on any atom is 0.408 e. The number of hydrogen-bond donors (Lipinski definition) is 1. The Balaban J connectivity index is 1.61. The molecule has 3 aromatic rings. The van der Waals surface area contributed by atoms with Gasteiger partial charge in [-0.1, -0.05) is 18.2 Å². The lowest BCUT2D eigenvalue weighted by atomic mass is 9.96. The number of alkyl carbamates (subject to hydrolysis) is 1.